The molecule has 0 heterocycles. The van der Waals surface area contributed by atoms with Crippen molar-refractivity contribution in [3.8, 4) is 22.3 Å². The highest BCUT2D eigenvalue weighted by molar-refractivity contribution is 5.81. The Kier molecular flexibility index (Phi) is 10.4. The molecule has 4 rings (SSSR count). The summed E-state index contributed by atoms with van der Waals surface area (Å²) < 4.78 is 0. The summed E-state index contributed by atoms with van der Waals surface area (Å²) in [6.07, 6.45) is 6.21. The van der Waals surface area contributed by atoms with Crippen molar-refractivity contribution in [2.45, 2.75) is 88.5 Å². The maximum absolute atomic E-state index is 2.47. The molecule has 0 saturated heterocycles. The smallest absolute Gasteiger partial charge is 0.0149 e. The van der Waals surface area contributed by atoms with Gasteiger partial charge in [0.15, 0.2) is 0 Å². The molecular weight excluding hydrogens is 408 g/mol. The average molecular weight is 455 g/mol. The minimum Gasteiger partial charge on any atom is -0.0804 e. The van der Waals surface area contributed by atoms with Gasteiger partial charge >= 0.3 is 0 Å². The molecule has 0 N–H and O–H groups in total. The Morgan fingerprint density at radius 1 is 0.559 bits per heavy atom. The number of hydrogen-bond donors (Lipinski definition) is 0. The molecule has 0 radical (unpaired) electrons. The molecular formula is C34H46. The quantitative estimate of drug-likeness (QED) is 0.369. The summed E-state index contributed by atoms with van der Waals surface area (Å²) in [5, 5.41) is 0. The Morgan fingerprint density at radius 2 is 1.00 bits per heavy atom. The van der Waals surface area contributed by atoms with Gasteiger partial charge in [-0.1, -0.05) is 94.8 Å². The van der Waals surface area contributed by atoms with Gasteiger partial charge in [-0.15, -0.1) is 0 Å². The molecule has 3 aromatic rings. The van der Waals surface area contributed by atoms with Gasteiger partial charge in [-0.2, -0.15) is 0 Å². The van der Waals surface area contributed by atoms with E-state index in [1.165, 1.54) is 74.9 Å². The van der Waals surface area contributed by atoms with Crippen molar-refractivity contribution >= 4 is 5.57 Å². The molecule has 0 aliphatic heterocycles. The molecule has 0 aromatic heterocycles. The van der Waals surface area contributed by atoms with Crippen LogP contribution in [-0.2, 0) is 0 Å². The number of allylic oxidation sites excluding steroid dienone is 2. The van der Waals surface area contributed by atoms with Crippen LogP contribution >= 0.6 is 0 Å². The van der Waals surface area contributed by atoms with Crippen LogP contribution in [0.3, 0.4) is 0 Å². The Labute approximate surface area is 210 Å². The van der Waals surface area contributed by atoms with Crippen LogP contribution in [0, 0.1) is 40.5 Å². The molecule has 3 aromatic carbocycles. The van der Waals surface area contributed by atoms with Gasteiger partial charge in [0.1, 0.15) is 0 Å². The van der Waals surface area contributed by atoms with E-state index < -0.39 is 0 Å². The lowest BCUT2D eigenvalue weighted by atomic mass is 9.83. The minimum atomic E-state index is 0.826. The van der Waals surface area contributed by atoms with Crippen LogP contribution in [0.4, 0.5) is 0 Å². The van der Waals surface area contributed by atoms with Crippen LogP contribution in [0.2, 0.25) is 0 Å². The lowest BCUT2D eigenvalue weighted by Gasteiger charge is -2.22. The van der Waals surface area contributed by atoms with Gasteiger partial charge in [-0.25, -0.2) is 0 Å². The maximum atomic E-state index is 2.47. The van der Waals surface area contributed by atoms with Crippen molar-refractivity contribution < 1.29 is 0 Å². The van der Waals surface area contributed by atoms with Gasteiger partial charge in [0.25, 0.3) is 0 Å². The molecule has 1 atom stereocenters. The van der Waals surface area contributed by atoms with Crippen LogP contribution in [0.15, 0.2) is 54.6 Å². The SMILES string of the molecule is CC.CC.Cc1ccc(-c2ccc(-c3ccc(C4=CCC(C)CC4)c(C)c3C)c(C)c2C)cc1. The second kappa shape index (κ2) is 12.7. The van der Waals surface area contributed by atoms with E-state index in [9.17, 15) is 0 Å². The van der Waals surface area contributed by atoms with Crippen LogP contribution < -0.4 is 0 Å². The molecule has 0 bridgehead atoms. The van der Waals surface area contributed by atoms with E-state index in [2.05, 4.69) is 96.1 Å². The van der Waals surface area contributed by atoms with Crippen LogP contribution in [0.1, 0.15) is 87.3 Å². The summed E-state index contributed by atoms with van der Waals surface area (Å²) in [6.45, 7) is 21.6. The molecule has 0 nitrogen and oxygen atoms in total. The second-order valence-corrected chi connectivity index (χ2v) is 9.30. The Hall–Kier alpha value is -2.60. The predicted octanol–water partition coefficient (Wildman–Crippen LogP) is 10.8. The predicted molar refractivity (Wildman–Crippen MR) is 155 cm³/mol. The lowest BCUT2D eigenvalue weighted by Crippen LogP contribution is -2.03. The van der Waals surface area contributed by atoms with Gasteiger partial charge in [-0.3, -0.25) is 0 Å². The lowest BCUT2D eigenvalue weighted by molar-refractivity contribution is 0.534. The normalized spacial score (nSPS) is 14.9. The zero-order valence-electron chi connectivity index (χ0n) is 23.4. The van der Waals surface area contributed by atoms with E-state index in [4.69, 9.17) is 0 Å². The van der Waals surface area contributed by atoms with Crippen LogP contribution in [-0.4, -0.2) is 0 Å². The largest absolute Gasteiger partial charge is 0.0804 e. The third-order valence-electron chi connectivity index (χ3n) is 7.25. The third-order valence-corrected chi connectivity index (χ3v) is 7.25. The fourth-order valence-electron chi connectivity index (χ4n) is 4.83. The highest BCUT2D eigenvalue weighted by Gasteiger charge is 2.17. The summed E-state index contributed by atoms with van der Waals surface area (Å²) in [6, 6.07) is 18.2. The van der Waals surface area contributed by atoms with E-state index in [0.717, 1.165) is 5.92 Å². The van der Waals surface area contributed by atoms with Crippen molar-refractivity contribution in [3.63, 3.8) is 0 Å². The fraction of sp³-hybridized carbons (Fsp3) is 0.412. The summed E-state index contributed by atoms with van der Waals surface area (Å²) in [5.74, 6) is 0.826. The molecule has 0 saturated carbocycles. The number of rotatable bonds is 3. The van der Waals surface area contributed by atoms with Gasteiger partial charge < -0.3 is 0 Å². The van der Waals surface area contributed by atoms with Crippen molar-refractivity contribution in [3.05, 3.63) is 88.0 Å². The molecule has 182 valence electrons. The van der Waals surface area contributed by atoms with Gasteiger partial charge in [0.05, 0.1) is 0 Å². The molecule has 1 unspecified atom stereocenters. The highest BCUT2D eigenvalue weighted by Crippen LogP contribution is 2.38. The molecule has 0 fully saturated rings. The minimum absolute atomic E-state index is 0.826. The Morgan fingerprint density at radius 3 is 1.50 bits per heavy atom. The topological polar surface area (TPSA) is 0 Å². The zero-order chi connectivity index (χ0) is 25.4. The Balaban J connectivity index is 0.000000970. The van der Waals surface area contributed by atoms with E-state index in [1.54, 1.807) is 5.57 Å². The molecule has 1 aliphatic rings. The van der Waals surface area contributed by atoms with Crippen molar-refractivity contribution in [1.82, 2.24) is 0 Å². The van der Waals surface area contributed by atoms with Gasteiger partial charge in [0.2, 0.25) is 0 Å². The van der Waals surface area contributed by atoms with E-state index in [1.807, 2.05) is 27.7 Å². The first-order valence-corrected chi connectivity index (χ1v) is 13.3. The summed E-state index contributed by atoms with van der Waals surface area (Å²) in [4.78, 5) is 0. The van der Waals surface area contributed by atoms with E-state index in [0.29, 0.717) is 0 Å². The summed E-state index contributed by atoms with van der Waals surface area (Å²) in [7, 11) is 0. The molecule has 0 spiro atoms. The first kappa shape index (κ1) is 27.6. The maximum Gasteiger partial charge on any atom is -0.0149 e. The first-order chi connectivity index (χ1) is 16.4. The second-order valence-electron chi connectivity index (χ2n) is 9.30. The number of hydrogen-bond acceptors (Lipinski definition) is 0. The van der Waals surface area contributed by atoms with E-state index >= 15 is 0 Å². The highest BCUT2D eigenvalue weighted by atomic mass is 14.2. The molecule has 0 amide bonds. The zero-order valence-corrected chi connectivity index (χ0v) is 23.4. The molecule has 0 heteroatoms. The average Bonchev–Trinajstić information content (AvgIpc) is 2.87. The number of benzene rings is 3. The number of aryl methyl sites for hydroxylation is 1. The van der Waals surface area contributed by atoms with Gasteiger partial charge in [0, 0.05) is 0 Å². The summed E-state index contributed by atoms with van der Waals surface area (Å²) >= 11 is 0. The van der Waals surface area contributed by atoms with Crippen molar-refractivity contribution in [1.29, 1.82) is 0 Å². The summed E-state index contributed by atoms with van der Waals surface area (Å²) in [5.41, 5.74) is 15.3. The molecule has 1 aliphatic carbocycles. The van der Waals surface area contributed by atoms with Crippen molar-refractivity contribution in [2.24, 2.45) is 5.92 Å². The van der Waals surface area contributed by atoms with Gasteiger partial charge in [-0.05, 0) is 115 Å². The third kappa shape index (κ3) is 5.90. The van der Waals surface area contributed by atoms with Crippen LogP contribution in [0.25, 0.3) is 27.8 Å². The van der Waals surface area contributed by atoms with Crippen LogP contribution in [0.5, 0.6) is 0 Å². The standard InChI is InChI=1S/C30H34.2C2H6/c1-19-7-11-25(12-8-19)27-15-17-29(23(5)21(27)3)30-18-16-28(22(4)24(30)6)26-13-9-20(2)10-14-26;2*1-2/h7-8,11-13,15-18,20H,9-10,14H2,1-6H3;2*1-2H3. The molecule has 34 heavy (non-hydrogen) atoms. The van der Waals surface area contributed by atoms with Crippen molar-refractivity contribution in [2.75, 3.05) is 0 Å². The van der Waals surface area contributed by atoms with E-state index in [-0.39, 0.29) is 0 Å². The first-order valence-electron chi connectivity index (χ1n) is 13.3. The Bertz CT molecular complexity index is 1110. The fourth-order valence-corrected chi connectivity index (χ4v) is 4.83. The monoisotopic (exact) mass is 454 g/mol.